The number of carbonyl (C=O) groups is 1. The van der Waals surface area contributed by atoms with E-state index in [2.05, 4.69) is 38.6 Å². The molecule has 0 saturated heterocycles. The Morgan fingerprint density at radius 3 is 2.97 bits per heavy atom. The molecule has 1 aromatic carbocycles. The number of hydrogen-bond donors (Lipinski definition) is 0. The zero-order valence-corrected chi connectivity index (χ0v) is 17.5. The van der Waals surface area contributed by atoms with Gasteiger partial charge in [0.1, 0.15) is 6.33 Å². The standard InChI is InChI=1S/C22H25ClN4O2/c1-3-29-22(28)10-15(19-6-8-24-14-25-19)12-27-20-5-4-16(23)11-17(20)18-13-26(2)9-7-21(18)27/h4-6,8,11,14-15H,3,7,9-10,12-13H2,1-2H3. The fourth-order valence-corrected chi connectivity index (χ4v) is 4.38. The lowest BCUT2D eigenvalue weighted by Crippen LogP contribution is -2.28. The molecule has 3 aromatic rings. The fraction of sp³-hybridized carbons (Fsp3) is 0.409. The lowest BCUT2D eigenvalue weighted by molar-refractivity contribution is -0.143. The number of hydrogen-bond acceptors (Lipinski definition) is 5. The Morgan fingerprint density at radius 2 is 2.21 bits per heavy atom. The maximum atomic E-state index is 12.3. The Balaban J connectivity index is 1.77. The average Bonchev–Trinajstić information content (AvgIpc) is 3.00. The van der Waals surface area contributed by atoms with E-state index in [1.807, 2.05) is 19.1 Å². The number of aromatic nitrogens is 3. The molecule has 0 saturated carbocycles. The van der Waals surface area contributed by atoms with Crippen LogP contribution >= 0.6 is 11.6 Å². The van der Waals surface area contributed by atoms with E-state index in [1.165, 1.54) is 23.0 Å². The Bertz CT molecular complexity index is 1020. The number of likely N-dealkylation sites (N-methyl/N-ethyl adjacent to an activating group) is 1. The molecule has 2 aromatic heterocycles. The van der Waals surface area contributed by atoms with Crippen molar-refractivity contribution in [2.45, 2.75) is 38.8 Å². The molecule has 0 radical (unpaired) electrons. The summed E-state index contributed by atoms with van der Waals surface area (Å²) >= 11 is 6.31. The summed E-state index contributed by atoms with van der Waals surface area (Å²) in [6.07, 6.45) is 4.50. The molecule has 1 aliphatic heterocycles. The minimum atomic E-state index is -0.204. The average molecular weight is 413 g/mol. The second-order valence-electron chi connectivity index (χ2n) is 7.53. The van der Waals surface area contributed by atoms with Crippen molar-refractivity contribution in [2.24, 2.45) is 0 Å². The van der Waals surface area contributed by atoms with Crippen LogP contribution < -0.4 is 0 Å². The highest BCUT2D eigenvalue weighted by molar-refractivity contribution is 6.31. The number of fused-ring (bicyclic) bond motifs is 3. The zero-order chi connectivity index (χ0) is 20.4. The molecule has 29 heavy (non-hydrogen) atoms. The number of esters is 1. The summed E-state index contributed by atoms with van der Waals surface area (Å²) in [5, 5.41) is 1.93. The minimum absolute atomic E-state index is 0.0907. The summed E-state index contributed by atoms with van der Waals surface area (Å²) in [5.41, 5.74) is 4.65. The molecule has 1 atom stereocenters. The van der Waals surface area contributed by atoms with Gasteiger partial charge in [0.2, 0.25) is 0 Å². The third kappa shape index (κ3) is 4.14. The molecule has 0 aliphatic carbocycles. The van der Waals surface area contributed by atoms with Gasteiger partial charge in [-0.25, -0.2) is 9.97 Å². The zero-order valence-electron chi connectivity index (χ0n) is 16.8. The SMILES string of the molecule is CCOC(=O)CC(Cn1c2c(c3cc(Cl)ccc31)CN(C)CC2)c1ccncn1. The van der Waals surface area contributed by atoms with Crippen LogP contribution in [0.5, 0.6) is 0 Å². The van der Waals surface area contributed by atoms with E-state index in [0.29, 0.717) is 13.2 Å². The van der Waals surface area contributed by atoms with Crippen molar-refractivity contribution in [3.05, 3.63) is 58.8 Å². The van der Waals surface area contributed by atoms with Crippen LogP contribution in [-0.2, 0) is 29.0 Å². The van der Waals surface area contributed by atoms with E-state index >= 15 is 0 Å². The molecule has 0 N–H and O–H groups in total. The van der Waals surface area contributed by atoms with E-state index < -0.39 is 0 Å². The molecular weight excluding hydrogens is 388 g/mol. The monoisotopic (exact) mass is 412 g/mol. The lowest BCUT2D eigenvalue weighted by atomic mass is 10.00. The first-order valence-electron chi connectivity index (χ1n) is 9.96. The number of halogens is 1. The van der Waals surface area contributed by atoms with E-state index in [9.17, 15) is 4.79 Å². The normalized spacial score (nSPS) is 15.3. The largest absolute Gasteiger partial charge is 0.466 e. The number of carbonyl (C=O) groups excluding carboxylic acids is 1. The van der Waals surface area contributed by atoms with E-state index in [4.69, 9.17) is 16.3 Å². The summed E-state index contributed by atoms with van der Waals surface area (Å²) < 4.78 is 7.57. The van der Waals surface area contributed by atoms with Crippen molar-refractivity contribution >= 4 is 28.5 Å². The van der Waals surface area contributed by atoms with Gasteiger partial charge in [-0.3, -0.25) is 4.79 Å². The summed E-state index contributed by atoms with van der Waals surface area (Å²) in [4.78, 5) is 23.1. The fourth-order valence-electron chi connectivity index (χ4n) is 4.21. The quantitative estimate of drug-likeness (QED) is 0.576. The second-order valence-corrected chi connectivity index (χ2v) is 7.96. The van der Waals surface area contributed by atoms with Gasteiger partial charge in [0.25, 0.3) is 0 Å². The van der Waals surface area contributed by atoms with E-state index in [-0.39, 0.29) is 18.3 Å². The van der Waals surface area contributed by atoms with Gasteiger partial charge < -0.3 is 14.2 Å². The third-order valence-electron chi connectivity index (χ3n) is 5.55. The second kappa shape index (κ2) is 8.51. The summed E-state index contributed by atoms with van der Waals surface area (Å²) in [6.45, 7) is 4.77. The summed E-state index contributed by atoms with van der Waals surface area (Å²) in [6, 6.07) is 7.95. The number of benzene rings is 1. The minimum Gasteiger partial charge on any atom is -0.466 e. The highest BCUT2D eigenvalue weighted by Gasteiger charge is 2.26. The molecule has 152 valence electrons. The predicted molar refractivity (Wildman–Crippen MR) is 113 cm³/mol. The van der Waals surface area contributed by atoms with Crippen molar-refractivity contribution in [3.8, 4) is 0 Å². The molecular formula is C22H25ClN4O2. The maximum Gasteiger partial charge on any atom is 0.306 e. The summed E-state index contributed by atoms with van der Waals surface area (Å²) in [5.74, 6) is -0.295. The Morgan fingerprint density at radius 1 is 1.34 bits per heavy atom. The van der Waals surface area contributed by atoms with Crippen LogP contribution in [0.3, 0.4) is 0 Å². The smallest absolute Gasteiger partial charge is 0.306 e. The van der Waals surface area contributed by atoms with E-state index in [1.54, 1.807) is 6.20 Å². The third-order valence-corrected chi connectivity index (χ3v) is 5.79. The molecule has 0 bridgehead atoms. The van der Waals surface area contributed by atoms with Gasteiger partial charge >= 0.3 is 5.97 Å². The highest BCUT2D eigenvalue weighted by Crippen LogP contribution is 2.34. The van der Waals surface area contributed by atoms with Crippen LogP contribution in [0, 0.1) is 0 Å². The van der Waals surface area contributed by atoms with Gasteiger partial charge in [-0.15, -0.1) is 0 Å². The molecule has 0 amide bonds. The van der Waals surface area contributed by atoms with Gasteiger partial charge in [0.15, 0.2) is 0 Å². The molecule has 0 fully saturated rings. The summed E-state index contributed by atoms with van der Waals surface area (Å²) in [7, 11) is 2.14. The van der Waals surface area contributed by atoms with Crippen molar-refractivity contribution in [1.82, 2.24) is 19.4 Å². The Kier molecular flexibility index (Phi) is 5.83. The first-order chi connectivity index (χ1) is 14.1. The van der Waals surface area contributed by atoms with E-state index in [0.717, 1.165) is 35.7 Å². The van der Waals surface area contributed by atoms with Crippen molar-refractivity contribution in [1.29, 1.82) is 0 Å². The molecule has 0 spiro atoms. The van der Waals surface area contributed by atoms with Gasteiger partial charge in [-0.2, -0.15) is 0 Å². The number of ether oxygens (including phenoxy) is 1. The lowest BCUT2D eigenvalue weighted by Gasteiger charge is -2.25. The van der Waals surface area contributed by atoms with Crippen LogP contribution in [0.4, 0.5) is 0 Å². The maximum absolute atomic E-state index is 12.3. The first-order valence-corrected chi connectivity index (χ1v) is 10.3. The molecule has 7 heteroatoms. The Labute approximate surface area is 175 Å². The van der Waals surface area contributed by atoms with Crippen LogP contribution in [0.25, 0.3) is 10.9 Å². The van der Waals surface area contributed by atoms with Crippen LogP contribution in [0.1, 0.15) is 36.2 Å². The van der Waals surface area contributed by atoms with Crippen LogP contribution in [0.2, 0.25) is 5.02 Å². The van der Waals surface area contributed by atoms with Crippen molar-refractivity contribution in [2.75, 3.05) is 20.2 Å². The highest BCUT2D eigenvalue weighted by atomic mass is 35.5. The van der Waals surface area contributed by atoms with Crippen molar-refractivity contribution < 1.29 is 9.53 Å². The molecule has 6 nitrogen and oxygen atoms in total. The van der Waals surface area contributed by atoms with Gasteiger partial charge in [0, 0.05) is 65.5 Å². The molecule has 3 heterocycles. The van der Waals surface area contributed by atoms with Crippen LogP contribution in [-0.4, -0.2) is 45.6 Å². The molecule has 1 aliphatic rings. The number of rotatable bonds is 6. The van der Waals surface area contributed by atoms with Gasteiger partial charge in [-0.1, -0.05) is 11.6 Å². The van der Waals surface area contributed by atoms with Crippen LogP contribution in [0.15, 0.2) is 36.8 Å². The van der Waals surface area contributed by atoms with Gasteiger partial charge in [-0.05, 0) is 43.8 Å². The van der Waals surface area contributed by atoms with Crippen molar-refractivity contribution in [3.63, 3.8) is 0 Å². The molecule has 1 unspecified atom stereocenters. The first kappa shape index (κ1) is 19.9. The van der Waals surface area contributed by atoms with Gasteiger partial charge in [0.05, 0.1) is 13.0 Å². The Hall–Kier alpha value is -2.44. The molecule has 4 rings (SSSR count). The number of nitrogens with zero attached hydrogens (tertiary/aromatic N) is 4. The predicted octanol–water partition coefficient (Wildman–Crippen LogP) is 3.81. The topological polar surface area (TPSA) is 60.2 Å².